The second-order valence-corrected chi connectivity index (χ2v) is 9.30. The first-order chi connectivity index (χ1) is 17.9. The molecule has 0 saturated carbocycles. The van der Waals surface area contributed by atoms with Crippen molar-refractivity contribution in [2.45, 2.75) is 0 Å². The van der Waals surface area contributed by atoms with Crippen LogP contribution < -0.4 is 0 Å². The Hall–Kier alpha value is -4.82. The normalized spacial score (nSPS) is 11.9. The Morgan fingerprint density at radius 3 is 1.81 bits per heavy atom. The molecule has 0 radical (unpaired) electrons. The van der Waals surface area contributed by atoms with Gasteiger partial charge in [0.2, 0.25) is 0 Å². The van der Waals surface area contributed by atoms with Crippen LogP contribution in [0.1, 0.15) is 0 Å². The van der Waals surface area contributed by atoms with E-state index in [0.29, 0.717) is 0 Å². The summed E-state index contributed by atoms with van der Waals surface area (Å²) in [5.74, 6) is 0. The summed E-state index contributed by atoms with van der Waals surface area (Å²) >= 11 is 0. The first-order valence-corrected chi connectivity index (χ1v) is 12.2. The van der Waals surface area contributed by atoms with Crippen LogP contribution in [0.5, 0.6) is 0 Å². The van der Waals surface area contributed by atoms with E-state index in [1.54, 1.807) is 6.26 Å². The predicted octanol–water partition coefficient (Wildman–Crippen LogP) is 9.97. The van der Waals surface area contributed by atoms with Gasteiger partial charge < -0.3 is 8.83 Å². The average Bonchev–Trinajstić information content (AvgIpc) is 3.54. The number of fused-ring (bicyclic) bond motifs is 6. The van der Waals surface area contributed by atoms with Gasteiger partial charge >= 0.3 is 0 Å². The molecule has 8 rings (SSSR count). The van der Waals surface area contributed by atoms with Crippen molar-refractivity contribution in [3.63, 3.8) is 0 Å². The van der Waals surface area contributed by atoms with E-state index in [9.17, 15) is 0 Å². The molecule has 2 heteroatoms. The Morgan fingerprint density at radius 1 is 0.444 bits per heavy atom. The Labute approximate surface area is 207 Å². The third-order valence-electron chi connectivity index (χ3n) is 7.34. The van der Waals surface area contributed by atoms with E-state index >= 15 is 0 Å². The van der Waals surface area contributed by atoms with Crippen molar-refractivity contribution in [3.8, 4) is 22.3 Å². The summed E-state index contributed by atoms with van der Waals surface area (Å²) < 4.78 is 12.3. The zero-order valence-electron chi connectivity index (χ0n) is 19.4. The van der Waals surface area contributed by atoms with Crippen LogP contribution in [0.25, 0.3) is 76.7 Å². The van der Waals surface area contributed by atoms with E-state index in [1.165, 1.54) is 38.2 Å². The van der Waals surface area contributed by atoms with Crippen molar-refractivity contribution in [1.29, 1.82) is 0 Å². The van der Waals surface area contributed by atoms with Gasteiger partial charge in [0.05, 0.1) is 6.26 Å². The van der Waals surface area contributed by atoms with Gasteiger partial charge in [-0.3, -0.25) is 0 Å². The van der Waals surface area contributed by atoms with E-state index in [1.807, 2.05) is 6.07 Å². The Kier molecular flexibility index (Phi) is 3.97. The quantitative estimate of drug-likeness (QED) is 0.240. The van der Waals surface area contributed by atoms with Gasteiger partial charge in [-0.25, -0.2) is 0 Å². The van der Waals surface area contributed by atoms with Gasteiger partial charge in [0.1, 0.15) is 16.7 Å². The summed E-state index contributed by atoms with van der Waals surface area (Å²) in [6, 6.07) is 40.7. The molecular formula is C34H20O2. The van der Waals surface area contributed by atoms with E-state index < -0.39 is 0 Å². The van der Waals surface area contributed by atoms with Crippen LogP contribution in [-0.4, -0.2) is 0 Å². The summed E-state index contributed by atoms with van der Waals surface area (Å²) in [5, 5.41) is 8.13. The van der Waals surface area contributed by atoms with Crippen LogP contribution in [0.3, 0.4) is 0 Å². The molecule has 36 heavy (non-hydrogen) atoms. The van der Waals surface area contributed by atoms with Gasteiger partial charge in [-0.2, -0.15) is 0 Å². The lowest BCUT2D eigenvalue weighted by Gasteiger charge is -2.17. The first-order valence-electron chi connectivity index (χ1n) is 12.2. The number of rotatable bonds is 2. The van der Waals surface area contributed by atoms with E-state index in [-0.39, 0.29) is 0 Å². The van der Waals surface area contributed by atoms with E-state index in [0.717, 1.165) is 38.5 Å². The fraction of sp³-hybridized carbons (Fsp3) is 0. The molecule has 2 aromatic heterocycles. The monoisotopic (exact) mass is 460 g/mol. The zero-order valence-corrected chi connectivity index (χ0v) is 19.4. The van der Waals surface area contributed by atoms with Crippen LogP contribution >= 0.6 is 0 Å². The van der Waals surface area contributed by atoms with Crippen LogP contribution in [-0.2, 0) is 0 Å². The number of hydrogen-bond acceptors (Lipinski definition) is 2. The number of hydrogen-bond donors (Lipinski definition) is 0. The molecule has 0 amide bonds. The largest absolute Gasteiger partial charge is 0.464 e. The summed E-state index contributed by atoms with van der Waals surface area (Å²) in [6.07, 6.45) is 1.73. The Balaban J connectivity index is 1.54. The molecule has 0 aliphatic rings. The third-order valence-corrected chi connectivity index (χ3v) is 7.34. The topological polar surface area (TPSA) is 26.3 Å². The number of furan rings is 2. The van der Waals surface area contributed by atoms with Gasteiger partial charge in [0.15, 0.2) is 0 Å². The summed E-state index contributed by atoms with van der Waals surface area (Å²) in [5.41, 5.74) is 7.45. The summed E-state index contributed by atoms with van der Waals surface area (Å²) in [7, 11) is 0. The van der Waals surface area contributed by atoms with Crippen molar-refractivity contribution < 1.29 is 8.83 Å². The Bertz CT molecular complexity index is 2030. The Morgan fingerprint density at radius 2 is 1.08 bits per heavy atom. The molecule has 0 N–H and O–H groups in total. The molecule has 8 aromatic rings. The van der Waals surface area contributed by atoms with Gasteiger partial charge in [-0.15, -0.1) is 0 Å². The molecule has 0 saturated heterocycles. The molecule has 0 unspecified atom stereocenters. The third kappa shape index (κ3) is 2.67. The smallest absolute Gasteiger partial charge is 0.143 e. The maximum absolute atomic E-state index is 6.59. The standard InChI is InChI=1S/C34H20O2/c1-2-9-21(10-3-1)32-23-11-4-6-13-25(23)33(26-14-7-5-12-24(26)32)28-16-8-15-27-29-20-30-22(17-18-35-30)19-31(29)36-34(27)28/h1-20H. The van der Waals surface area contributed by atoms with Crippen molar-refractivity contribution in [2.24, 2.45) is 0 Å². The van der Waals surface area contributed by atoms with E-state index in [2.05, 4.69) is 109 Å². The van der Waals surface area contributed by atoms with Crippen molar-refractivity contribution in [2.75, 3.05) is 0 Å². The van der Waals surface area contributed by atoms with Crippen molar-refractivity contribution >= 4 is 54.5 Å². The van der Waals surface area contributed by atoms with Crippen molar-refractivity contribution in [1.82, 2.24) is 0 Å². The van der Waals surface area contributed by atoms with E-state index in [4.69, 9.17) is 8.83 Å². The molecule has 0 fully saturated rings. The fourth-order valence-corrected chi connectivity index (χ4v) is 5.78. The molecule has 168 valence electrons. The lowest BCUT2D eigenvalue weighted by atomic mass is 9.85. The highest BCUT2D eigenvalue weighted by Crippen LogP contribution is 2.46. The summed E-state index contributed by atoms with van der Waals surface area (Å²) in [4.78, 5) is 0. The molecule has 0 spiro atoms. The minimum Gasteiger partial charge on any atom is -0.464 e. The molecule has 0 bridgehead atoms. The van der Waals surface area contributed by atoms with Gasteiger partial charge in [0, 0.05) is 27.3 Å². The minimum atomic E-state index is 0.874. The highest BCUT2D eigenvalue weighted by molar-refractivity contribution is 6.24. The van der Waals surface area contributed by atoms with Gasteiger partial charge in [-0.05, 0) is 50.9 Å². The lowest BCUT2D eigenvalue weighted by molar-refractivity contribution is 0.616. The maximum atomic E-state index is 6.59. The number of para-hydroxylation sites is 1. The van der Waals surface area contributed by atoms with Crippen LogP contribution in [0.4, 0.5) is 0 Å². The zero-order chi connectivity index (χ0) is 23.6. The van der Waals surface area contributed by atoms with Crippen LogP contribution in [0.2, 0.25) is 0 Å². The second-order valence-electron chi connectivity index (χ2n) is 9.30. The summed E-state index contributed by atoms with van der Waals surface area (Å²) in [6.45, 7) is 0. The molecule has 2 heterocycles. The number of benzene rings is 6. The highest BCUT2D eigenvalue weighted by atomic mass is 16.3. The molecule has 6 aromatic carbocycles. The first kappa shape index (κ1) is 19.5. The maximum Gasteiger partial charge on any atom is 0.143 e. The van der Waals surface area contributed by atoms with Crippen molar-refractivity contribution in [3.05, 3.63) is 122 Å². The second kappa shape index (κ2) is 7.34. The minimum absolute atomic E-state index is 0.874. The van der Waals surface area contributed by atoms with Gasteiger partial charge in [-0.1, -0.05) is 97.1 Å². The van der Waals surface area contributed by atoms with Gasteiger partial charge in [0.25, 0.3) is 0 Å². The molecule has 0 atom stereocenters. The highest BCUT2D eigenvalue weighted by Gasteiger charge is 2.20. The van der Waals surface area contributed by atoms with Crippen LogP contribution in [0, 0.1) is 0 Å². The lowest BCUT2D eigenvalue weighted by Crippen LogP contribution is -1.90. The molecule has 2 nitrogen and oxygen atoms in total. The SMILES string of the molecule is c1ccc(-c2c3ccccc3c(-c3cccc4c3oc3cc5ccoc5cc34)c3ccccc23)cc1. The predicted molar refractivity (Wildman–Crippen MR) is 149 cm³/mol. The molecule has 0 aliphatic heterocycles. The average molecular weight is 461 g/mol. The fourth-order valence-electron chi connectivity index (χ4n) is 5.78. The molecule has 0 aliphatic carbocycles. The van der Waals surface area contributed by atoms with Crippen LogP contribution in [0.15, 0.2) is 130 Å². The molecular weight excluding hydrogens is 440 g/mol.